The van der Waals surface area contributed by atoms with Crippen LogP contribution in [0.4, 0.5) is 0 Å². The lowest BCUT2D eigenvalue weighted by Crippen LogP contribution is -1.96. The van der Waals surface area contributed by atoms with Crippen molar-refractivity contribution >= 4 is 17.4 Å². The van der Waals surface area contributed by atoms with E-state index in [1.54, 1.807) is 16.3 Å². The van der Waals surface area contributed by atoms with Gasteiger partial charge in [0.1, 0.15) is 5.03 Å². The lowest BCUT2D eigenvalue weighted by molar-refractivity contribution is 0.861. The second-order valence-corrected chi connectivity index (χ2v) is 5.05. The van der Waals surface area contributed by atoms with E-state index in [4.69, 9.17) is 0 Å². The molecule has 3 aromatic rings. The molecule has 0 saturated heterocycles. The number of hydrogen-bond acceptors (Lipinski definition) is 4. The molecule has 3 rings (SSSR count). The summed E-state index contributed by atoms with van der Waals surface area (Å²) in [6.07, 6.45) is 0. The van der Waals surface area contributed by atoms with Gasteiger partial charge in [-0.2, -0.15) is 9.61 Å². The molecular weight excluding hydrogens is 244 g/mol. The summed E-state index contributed by atoms with van der Waals surface area (Å²) in [5.41, 5.74) is 1.80. The molecule has 0 aliphatic rings. The van der Waals surface area contributed by atoms with Crippen LogP contribution in [0.3, 0.4) is 0 Å². The fourth-order valence-corrected chi connectivity index (χ4v) is 2.36. The predicted molar refractivity (Wildman–Crippen MR) is 72.6 cm³/mol. The van der Waals surface area contributed by atoms with Gasteiger partial charge >= 0.3 is 0 Å². The maximum Gasteiger partial charge on any atom is 0.185 e. The standard InChI is InChI=1S/C13H12N4S/c1-2-18-12-9-8-11-14-15-13(17(11)16-12)10-6-4-3-5-7-10/h3-9H,2H2,1H3. The van der Waals surface area contributed by atoms with Crippen molar-refractivity contribution in [3.63, 3.8) is 0 Å². The van der Waals surface area contributed by atoms with Crippen molar-refractivity contribution in [3.8, 4) is 11.4 Å². The van der Waals surface area contributed by atoms with Crippen LogP contribution < -0.4 is 0 Å². The summed E-state index contributed by atoms with van der Waals surface area (Å²) in [6.45, 7) is 2.11. The SMILES string of the molecule is CCSc1ccc2nnc(-c3ccccc3)n2n1. The van der Waals surface area contributed by atoms with Crippen LogP contribution in [-0.2, 0) is 0 Å². The minimum absolute atomic E-state index is 0.773. The van der Waals surface area contributed by atoms with Crippen LogP contribution in [0, 0.1) is 0 Å². The molecule has 0 aliphatic carbocycles. The first-order valence-electron chi connectivity index (χ1n) is 5.79. The van der Waals surface area contributed by atoms with Crippen molar-refractivity contribution < 1.29 is 0 Å². The van der Waals surface area contributed by atoms with Crippen molar-refractivity contribution in [1.82, 2.24) is 19.8 Å². The third-order valence-corrected chi connectivity index (χ3v) is 3.36. The van der Waals surface area contributed by atoms with Gasteiger partial charge in [0.05, 0.1) is 0 Å². The van der Waals surface area contributed by atoms with Gasteiger partial charge in [-0.1, -0.05) is 37.3 Å². The average Bonchev–Trinajstić information content (AvgIpc) is 2.83. The summed E-state index contributed by atoms with van der Waals surface area (Å²) in [7, 11) is 0. The van der Waals surface area contributed by atoms with E-state index in [1.165, 1.54) is 0 Å². The van der Waals surface area contributed by atoms with Crippen LogP contribution >= 0.6 is 11.8 Å². The third-order valence-electron chi connectivity index (χ3n) is 2.56. The van der Waals surface area contributed by atoms with E-state index in [1.807, 2.05) is 42.5 Å². The van der Waals surface area contributed by atoms with Crippen LogP contribution in [-0.4, -0.2) is 25.6 Å². The highest BCUT2D eigenvalue weighted by Gasteiger charge is 2.09. The first-order chi connectivity index (χ1) is 8.88. The Bertz CT molecular complexity index is 663. The summed E-state index contributed by atoms with van der Waals surface area (Å²) in [5.74, 6) is 1.78. The first-order valence-corrected chi connectivity index (χ1v) is 6.77. The monoisotopic (exact) mass is 256 g/mol. The second-order valence-electron chi connectivity index (χ2n) is 3.76. The van der Waals surface area contributed by atoms with Gasteiger partial charge in [0.25, 0.3) is 0 Å². The molecule has 0 fully saturated rings. The van der Waals surface area contributed by atoms with E-state index >= 15 is 0 Å². The molecule has 0 spiro atoms. The average molecular weight is 256 g/mol. The van der Waals surface area contributed by atoms with Crippen LogP contribution in [0.5, 0.6) is 0 Å². The van der Waals surface area contributed by atoms with Crippen molar-refractivity contribution in [1.29, 1.82) is 0 Å². The van der Waals surface area contributed by atoms with Crippen LogP contribution in [0.15, 0.2) is 47.5 Å². The van der Waals surface area contributed by atoms with Crippen molar-refractivity contribution in [2.75, 3.05) is 5.75 Å². The zero-order chi connectivity index (χ0) is 12.4. The first kappa shape index (κ1) is 11.2. The molecule has 0 aliphatic heterocycles. The zero-order valence-electron chi connectivity index (χ0n) is 9.95. The minimum atomic E-state index is 0.773. The molecule has 0 unspecified atom stereocenters. The molecule has 0 bridgehead atoms. The highest BCUT2D eigenvalue weighted by atomic mass is 32.2. The highest BCUT2D eigenvalue weighted by Crippen LogP contribution is 2.19. The van der Waals surface area contributed by atoms with Crippen LogP contribution in [0.2, 0.25) is 0 Å². The number of nitrogens with zero attached hydrogens (tertiary/aromatic N) is 4. The molecule has 0 radical (unpaired) electrons. The Hall–Kier alpha value is -1.88. The molecule has 18 heavy (non-hydrogen) atoms. The van der Waals surface area contributed by atoms with E-state index in [2.05, 4.69) is 22.2 Å². The maximum atomic E-state index is 4.56. The normalized spacial score (nSPS) is 10.9. The quantitative estimate of drug-likeness (QED) is 0.676. The summed E-state index contributed by atoms with van der Waals surface area (Å²) >= 11 is 1.71. The maximum absolute atomic E-state index is 4.56. The van der Waals surface area contributed by atoms with E-state index in [0.29, 0.717) is 0 Å². The molecule has 0 amide bonds. The van der Waals surface area contributed by atoms with E-state index in [0.717, 1.165) is 27.8 Å². The zero-order valence-corrected chi connectivity index (χ0v) is 10.8. The fraction of sp³-hybridized carbons (Fsp3) is 0.154. The number of aromatic nitrogens is 4. The number of rotatable bonds is 3. The second kappa shape index (κ2) is 4.78. The van der Waals surface area contributed by atoms with Crippen LogP contribution in [0.1, 0.15) is 6.92 Å². The summed E-state index contributed by atoms with van der Waals surface area (Å²) in [4.78, 5) is 0. The van der Waals surface area contributed by atoms with Crippen molar-refractivity contribution in [2.24, 2.45) is 0 Å². The molecule has 4 nitrogen and oxygen atoms in total. The Morgan fingerprint density at radius 3 is 2.67 bits per heavy atom. The molecule has 2 heterocycles. The van der Waals surface area contributed by atoms with Gasteiger partial charge in [-0.15, -0.1) is 22.0 Å². The van der Waals surface area contributed by atoms with Gasteiger partial charge in [-0.05, 0) is 17.9 Å². The molecular formula is C13H12N4S. The van der Waals surface area contributed by atoms with E-state index < -0.39 is 0 Å². The summed E-state index contributed by atoms with van der Waals surface area (Å²) in [5, 5.41) is 13.9. The van der Waals surface area contributed by atoms with Gasteiger partial charge in [0.15, 0.2) is 11.5 Å². The van der Waals surface area contributed by atoms with Gasteiger partial charge in [0.2, 0.25) is 0 Å². The van der Waals surface area contributed by atoms with Crippen molar-refractivity contribution in [3.05, 3.63) is 42.5 Å². The largest absolute Gasteiger partial charge is 0.192 e. The highest BCUT2D eigenvalue weighted by molar-refractivity contribution is 7.99. The van der Waals surface area contributed by atoms with E-state index in [9.17, 15) is 0 Å². The molecule has 5 heteroatoms. The van der Waals surface area contributed by atoms with Gasteiger partial charge in [-0.3, -0.25) is 0 Å². The molecule has 2 aromatic heterocycles. The lowest BCUT2D eigenvalue weighted by Gasteiger charge is -2.01. The molecule has 90 valence electrons. The number of fused-ring (bicyclic) bond motifs is 1. The predicted octanol–water partition coefficient (Wildman–Crippen LogP) is 2.90. The van der Waals surface area contributed by atoms with Gasteiger partial charge in [-0.25, -0.2) is 0 Å². The number of thioether (sulfide) groups is 1. The van der Waals surface area contributed by atoms with Crippen LogP contribution in [0.25, 0.3) is 17.0 Å². The Labute approximate surface area is 109 Å². The molecule has 0 N–H and O–H groups in total. The lowest BCUT2D eigenvalue weighted by atomic mass is 10.2. The molecule has 0 atom stereocenters. The number of benzene rings is 1. The topological polar surface area (TPSA) is 43.1 Å². The Kier molecular flexibility index (Phi) is 2.98. The summed E-state index contributed by atoms with van der Waals surface area (Å²) in [6, 6.07) is 13.9. The minimum Gasteiger partial charge on any atom is -0.192 e. The Morgan fingerprint density at radius 2 is 1.89 bits per heavy atom. The van der Waals surface area contributed by atoms with E-state index in [-0.39, 0.29) is 0 Å². The van der Waals surface area contributed by atoms with Gasteiger partial charge < -0.3 is 0 Å². The molecule has 1 aromatic carbocycles. The van der Waals surface area contributed by atoms with Gasteiger partial charge in [0, 0.05) is 5.56 Å². The summed E-state index contributed by atoms with van der Waals surface area (Å²) < 4.78 is 1.80. The Morgan fingerprint density at radius 1 is 1.06 bits per heavy atom. The Balaban J connectivity index is 2.15. The third kappa shape index (κ3) is 1.97. The molecule has 0 saturated carbocycles. The van der Waals surface area contributed by atoms with Crippen molar-refractivity contribution in [2.45, 2.75) is 11.9 Å². The fourth-order valence-electron chi connectivity index (χ4n) is 1.76. The number of hydrogen-bond donors (Lipinski definition) is 0. The smallest absolute Gasteiger partial charge is 0.185 e.